The Hall–Kier alpha value is -3.86. The number of carbonyl (C=O) groups excluding carboxylic acids is 2. The van der Waals surface area contributed by atoms with Crippen molar-refractivity contribution in [3.63, 3.8) is 0 Å². The maximum absolute atomic E-state index is 13.7. The Kier molecular flexibility index (Phi) is 6.36. The van der Waals surface area contributed by atoms with Crippen LogP contribution >= 0.6 is 0 Å². The number of hydrogen-bond donors (Lipinski definition) is 0. The van der Waals surface area contributed by atoms with Crippen LogP contribution < -0.4 is 9.64 Å². The third-order valence-electron chi connectivity index (χ3n) is 5.64. The van der Waals surface area contributed by atoms with Crippen molar-refractivity contribution < 1.29 is 14.3 Å². The number of rotatable bonds is 8. The molecule has 0 radical (unpaired) electrons. The lowest BCUT2D eigenvalue weighted by Gasteiger charge is -2.25. The second-order valence-electron chi connectivity index (χ2n) is 7.50. The van der Waals surface area contributed by atoms with Crippen molar-refractivity contribution in [3.8, 4) is 5.75 Å². The number of methoxy groups -OCH3 is 1. The summed E-state index contributed by atoms with van der Waals surface area (Å²) in [5.41, 5.74) is 3.34. The third kappa shape index (κ3) is 4.02. The molecule has 0 spiro atoms. The van der Waals surface area contributed by atoms with E-state index in [-0.39, 0.29) is 11.8 Å². The van der Waals surface area contributed by atoms with Crippen molar-refractivity contribution >= 4 is 23.1 Å². The zero-order valence-corrected chi connectivity index (χ0v) is 18.3. The number of carbonyl (C=O) groups is 2. The Morgan fingerprint density at radius 1 is 0.812 bits per heavy atom. The SMILES string of the molecule is CCN(C1=C(c2ccccc2OC)C(=O)N(CCc2ccccc2)C1=O)c1ccccc1. The minimum Gasteiger partial charge on any atom is -0.496 e. The number of imide groups is 1. The van der Waals surface area contributed by atoms with E-state index >= 15 is 0 Å². The van der Waals surface area contributed by atoms with Crippen molar-refractivity contribution in [1.29, 1.82) is 0 Å². The number of benzene rings is 3. The molecule has 0 unspecified atom stereocenters. The normalized spacial score (nSPS) is 13.6. The first-order valence-corrected chi connectivity index (χ1v) is 10.8. The van der Waals surface area contributed by atoms with E-state index in [4.69, 9.17) is 4.74 Å². The number of nitrogens with zero attached hydrogens (tertiary/aromatic N) is 2. The van der Waals surface area contributed by atoms with Gasteiger partial charge in [0.2, 0.25) is 0 Å². The molecular weight excluding hydrogens is 400 g/mol. The molecular formula is C27H26N2O3. The number of amides is 2. The molecule has 4 rings (SSSR count). The van der Waals surface area contributed by atoms with E-state index in [9.17, 15) is 9.59 Å². The highest BCUT2D eigenvalue weighted by molar-refractivity contribution is 6.37. The lowest BCUT2D eigenvalue weighted by Crippen LogP contribution is -2.36. The maximum atomic E-state index is 13.7. The Balaban J connectivity index is 1.79. The number of ether oxygens (including phenoxy) is 1. The Labute approximate surface area is 188 Å². The van der Waals surface area contributed by atoms with Crippen LogP contribution in [0.15, 0.2) is 90.6 Å². The first-order valence-electron chi connectivity index (χ1n) is 10.8. The summed E-state index contributed by atoms with van der Waals surface area (Å²) in [5, 5.41) is 0. The van der Waals surface area contributed by atoms with Crippen LogP contribution in [0.4, 0.5) is 5.69 Å². The Bertz CT molecular complexity index is 1140. The van der Waals surface area contributed by atoms with Gasteiger partial charge in [0.15, 0.2) is 0 Å². The van der Waals surface area contributed by atoms with Crippen LogP contribution in [0.5, 0.6) is 5.75 Å². The molecule has 0 saturated carbocycles. The van der Waals surface area contributed by atoms with E-state index in [1.165, 1.54) is 4.90 Å². The summed E-state index contributed by atoms with van der Waals surface area (Å²) >= 11 is 0. The average Bonchev–Trinajstić information content (AvgIpc) is 3.09. The maximum Gasteiger partial charge on any atom is 0.278 e. The molecule has 0 aromatic heterocycles. The van der Waals surface area contributed by atoms with Crippen molar-refractivity contribution in [2.24, 2.45) is 0 Å². The number of para-hydroxylation sites is 2. The fraction of sp³-hybridized carbons (Fsp3) is 0.185. The van der Waals surface area contributed by atoms with Gasteiger partial charge in [-0.05, 0) is 37.1 Å². The first kappa shape index (κ1) is 21.4. The van der Waals surface area contributed by atoms with Gasteiger partial charge < -0.3 is 9.64 Å². The zero-order valence-electron chi connectivity index (χ0n) is 18.3. The van der Waals surface area contributed by atoms with Gasteiger partial charge in [-0.3, -0.25) is 14.5 Å². The summed E-state index contributed by atoms with van der Waals surface area (Å²) in [6.07, 6.45) is 0.599. The van der Waals surface area contributed by atoms with E-state index in [1.54, 1.807) is 7.11 Å². The second kappa shape index (κ2) is 9.52. The largest absolute Gasteiger partial charge is 0.496 e. The molecule has 0 atom stereocenters. The third-order valence-corrected chi connectivity index (χ3v) is 5.64. The van der Waals surface area contributed by atoms with Crippen molar-refractivity contribution in [1.82, 2.24) is 4.90 Å². The van der Waals surface area contributed by atoms with E-state index in [1.807, 2.05) is 96.8 Å². The van der Waals surface area contributed by atoms with Crippen LogP contribution in [-0.2, 0) is 16.0 Å². The standard InChI is InChI=1S/C27H26N2O3/c1-3-28(21-14-8-5-9-15-21)25-24(22-16-10-11-17-23(22)32-2)26(30)29(27(25)31)19-18-20-12-6-4-7-13-20/h4-17H,3,18-19H2,1-2H3. The quantitative estimate of drug-likeness (QED) is 0.496. The highest BCUT2D eigenvalue weighted by atomic mass is 16.5. The van der Waals surface area contributed by atoms with Crippen LogP contribution in [0, 0.1) is 0 Å². The molecule has 0 aliphatic carbocycles. The van der Waals surface area contributed by atoms with E-state index in [2.05, 4.69) is 0 Å². The van der Waals surface area contributed by atoms with E-state index in [0.29, 0.717) is 42.1 Å². The van der Waals surface area contributed by atoms with Crippen LogP contribution in [0.2, 0.25) is 0 Å². The summed E-state index contributed by atoms with van der Waals surface area (Å²) in [5.74, 6) is -0.00692. The first-order chi connectivity index (χ1) is 15.7. The van der Waals surface area contributed by atoms with Gasteiger partial charge in [0.05, 0.1) is 12.7 Å². The monoisotopic (exact) mass is 426 g/mol. The zero-order chi connectivity index (χ0) is 22.5. The minimum absolute atomic E-state index is 0.280. The molecule has 1 aliphatic rings. The van der Waals surface area contributed by atoms with Crippen LogP contribution in [-0.4, -0.2) is 36.9 Å². The molecule has 0 saturated heterocycles. The molecule has 5 heteroatoms. The summed E-state index contributed by atoms with van der Waals surface area (Å²) in [6, 6.07) is 26.9. The Morgan fingerprint density at radius 3 is 2.09 bits per heavy atom. The molecule has 32 heavy (non-hydrogen) atoms. The van der Waals surface area contributed by atoms with E-state index < -0.39 is 0 Å². The highest BCUT2D eigenvalue weighted by Gasteiger charge is 2.42. The smallest absolute Gasteiger partial charge is 0.278 e. The summed E-state index contributed by atoms with van der Waals surface area (Å²) < 4.78 is 5.54. The van der Waals surface area contributed by atoms with Gasteiger partial charge in [0.1, 0.15) is 11.4 Å². The van der Waals surface area contributed by atoms with Gasteiger partial charge in [-0.1, -0.05) is 66.7 Å². The van der Waals surface area contributed by atoms with Gasteiger partial charge in [-0.2, -0.15) is 0 Å². The fourth-order valence-electron chi connectivity index (χ4n) is 4.07. The van der Waals surface area contributed by atoms with E-state index in [0.717, 1.165) is 11.3 Å². The highest BCUT2D eigenvalue weighted by Crippen LogP contribution is 2.37. The summed E-state index contributed by atoms with van der Waals surface area (Å²) in [4.78, 5) is 30.6. The van der Waals surface area contributed by atoms with Gasteiger partial charge >= 0.3 is 0 Å². The molecule has 0 N–H and O–H groups in total. The van der Waals surface area contributed by atoms with Crippen LogP contribution in [0.1, 0.15) is 18.1 Å². The molecule has 3 aromatic rings. The molecule has 1 heterocycles. The molecule has 2 amide bonds. The minimum atomic E-state index is -0.292. The predicted molar refractivity (Wildman–Crippen MR) is 126 cm³/mol. The van der Waals surface area contributed by atoms with Crippen molar-refractivity contribution in [2.75, 3.05) is 25.1 Å². The average molecular weight is 427 g/mol. The van der Waals surface area contributed by atoms with Crippen LogP contribution in [0.3, 0.4) is 0 Å². The molecule has 3 aromatic carbocycles. The molecule has 1 aliphatic heterocycles. The van der Waals surface area contributed by atoms with Crippen molar-refractivity contribution in [3.05, 3.63) is 102 Å². The second-order valence-corrected chi connectivity index (χ2v) is 7.50. The molecule has 0 fully saturated rings. The lowest BCUT2D eigenvalue weighted by molar-refractivity contribution is -0.136. The summed E-state index contributed by atoms with van der Waals surface area (Å²) in [6.45, 7) is 2.84. The van der Waals surface area contributed by atoms with Gasteiger partial charge in [-0.25, -0.2) is 0 Å². The lowest BCUT2D eigenvalue weighted by atomic mass is 10.0. The number of hydrogen-bond acceptors (Lipinski definition) is 4. The van der Waals surface area contributed by atoms with Crippen molar-refractivity contribution in [2.45, 2.75) is 13.3 Å². The molecule has 5 nitrogen and oxygen atoms in total. The topological polar surface area (TPSA) is 49.9 Å². The predicted octanol–water partition coefficient (Wildman–Crippen LogP) is 4.54. The molecule has 162 valence electrons. The fourth-order valence-corrected chi connectivity index (χ4v) is 4.07. The van der Waals surface area contributed by atoms with Crippen LogP contribution in [0.25, 0.3) is 5.57 Å². The van der Waals surface area contributed by atoms with Gasteiger partial charge in [0.25, 0.3) is 11.8 Å². The van der Waals surface area contributed by atoms with Gasteiger partial charge in [0, 0.05) is 24.3 Å². The van der Waals surface area contributed by atoms with Gasteiger partial charge in [-0.15, -0.1) is 0 Å². The number of likely N-dealkylation sites (N-methyl/N-ethyl adjacent to an activating group) is 1. The number of anilines is 1. The Morgan fingerprint density at radius 2 is 1.44 bits per heavy atom. The summed E-state index contributed by atoms with van der Waals surface area (Å²) in [7, 11) is 1.57. The molecule has 0 bridgehead atoms.